The smallest absolute Gasteiger partial charge is 0.251 e. The van der Waals surface area contributed by atoms with E-state index in [1.165, 1.54) is 0 Å². The zero-order chi connectivity index (χ0) is 13.0. The lowest BCUT2D eigenvalue weighted by atomic mass is 10.1. The number of amides is 1. The molecule has 2 aromatic rings. The van der Waals surface area contributed by atoms with Gasteiger partial charge in [0.05, 0.1) is 0 Å². The Hall–Kier alpha value is -2.24. The molecule has 18 heavy (non-hydrogen) atoms. The van der Waals surface area contributed by atoms with E-state index in [2.05, 4.69) is 20.8 Å². The first-order valence-electron chi connectivity index (χ1n) is 5.83. The molecule has 1 aromatic heterocycles. The Bertz CT molecular complexity index is 549. The third kappa shape index (κ3) is 2.53. The molecule has 0 aliphatic heterocycles. The molecule has 0 aliphatic carbocycles. The van der Waals surface area contributed by atoms with Crippen LogP contribution in [-0.4, -0.2) is 32.7 Å². The number of rotatable bonds is 4. The third-order valence-electron chi connectivity index (χ3n) is 2.54. The van der Waals surface area contributed by atoms with Gasteiger partial charge in [0.2, 0.25) is 0 Å². The highest BCUT2D eigenvalue weighted by Crippen LogP contribution is 2.16. The van der Waals surface area contributed by atoms with Gasteiger partial charge >= 0.3 is 0 Å². The molecule has 0 unspecified atom stereocenters. The summed E-state index contributed by atoms with van der Waals surface area (Å²) in [4.78, 5) is 11.8. The Morgan fingerprint density at radius 1 is 1.44 bits per heavy atom. The average Bonchev–Trinajstić information content (AvgIpc) is 2.82. The van der Waals surface area contributed by atoms with E-state index in [-0.39, 0.29) is 5.91 Å². The van der Waals surface area contributed by atoms with Crippen LogP contribution in [0.2, 0.25) is 0 Å². The molecular weight excluding hydrogens is 230 g/mol. The van der Waals surface area contributed by atoms with E-state index in [4.69, 9.17) is 0 Å². The Balaban J connectivity index is 2.25. The molecule has 0 spiro atoms. The Morgan fingerprint density at radius 3 is 2.94 bits per heavy atom. The van der Waals surface area contributed by atoms with Gasteiger partial charge in [-0.05, 0) is 29.0 Å². The van der Waals surface area contributed by atoms with Crippen LogP contribution in [0.15, 0.2) is 24.3 Å². The number of nitrogens with zero attached hydrogens (tertiary/aromatic N) is 4. The van der Waals surface area contributed by atoms with Crippen LogP contribution in [0.1, 0.15) is 23.7 Å². The fraction of sp³-hybridized carbons (Fsp3) is 0.333. The van der Waals surface area contributed by atoms with Crippen molar-refractivity contribution in [3.8, 4) is 11.4 Å². The summed E-state index contributed by atoms with van der Waals surface area (Å²) in [5.74, 6) is 0.564. The number of carbonyl (C=O) groups excluding carboxylic acids is 1. The van der Waals surface area contributed by atoms with Crippen LogP contribution in [0.25, 0.3) is 11.4 Å². The van der Waals surface area contributed by atoms with E-state index in [9.17, 15) is 4.79 Å². The van der Waals surface area contributed by atoms with Gasteiger partial charge in [-0.3, -0.25) is 4.79 Å². The lowest BCUT2D eigenvalue weighted by molar-refractivity contribution is 0.0953. The van der Waals surface area contributed by atoms with Crippen molar-refractivity contribution in [1.82, 2.24) is 25.5 Å². The number of carbonyl (C=O) groups is 1. The summed E-state index contributed by atoms with van der Waals surface area (Å²) < 4.78 is 1.57. The number of aromatic nitrogens is 4. The van der Waals surface area contributed by atoms with Gasteiger partial charge in [0.25, 0.3) is 5.91 Å². The zero-order valence-electron chi connectivity index (χ0n) is 10.4. The fourth-order valence-electron chi connectivity index (χ4n) is 1.61. The topological polar surface area (TPSA) is 72.7 Å². The molecule has 2 rings (SSSR count). The van der Waals surface area contributed by atoms with E-state index >= 15 is 0 Å². The molecule has 0 radical (unpaired) electrons. The van der Waals surface area contributed by atoms with Gasteiger partial charge in [0.15, 0.2) is 5.82 Å². The van der Waals surface area contributed by atoms with Crippen molar-refractivity contribution < 1.29 is 4.79 Å². The average molecular weight is 245 g/mol. The predicted octanol–water partition coefficient (Wildman–Crippen LogP) is 1.02. The SMILES string of the molecule is CCCNC(=O)c1cccc(-c2nnnn2C)c1. The van der Waals surface area contributed by atoms with Crippen LogP contribution in [0.5, 0.6) is 0 Å². The highest BCUT2D eigenvalue weighted by Gasteiger charge is 2.09. The van der Waals surface area contributed by atoms with Gasteiger partial charge in [-0.2, -0.15) is 0 Å². The minimum absolute atomic E-state index is 0.0752. The number of aryl methyl sites for hydroxylation is 1. The van der Waals surface area contributed by atoms with Crippen molar-refractivity contribution in [2.45, 2.75) is 13.3 Å². The van der Waals surface area contributed by atoms with E-state index in [1.54, 1.807) is 23.9 Å². The first kappa shape index (κ1) is 12.2. The molecular formula is C12H15N5O. The zero-order valence-corrected chi connectivity index (χ0v) is 10.4. The molecule has 94 valence electrons. The highest BCUT2D eigenvalue weighted by molar-refractivity contribution is 5.95. The molecule has 6 nitrogen and oxygen atoms in total. The van der Waals surface area contributed by atoms with Crippen LogP contribution in [0.4, 0.5) is 0 Å². The maximum absolute atomic E-state index is 11.8. The maximum Gasteiger partial charge on any atom is 0.251 e. The van der Waals surface area contributed by atoms with Crippen LogP contribution in [0.3, 0.4) is 0 Å². The Kier molecular flexibility index (Phi) is 3.66. The first-order valence-corrected chi connectivity index (χ1v) is 5.83. The summed E-state index contributed by atoms with van der Waals surface area (Å²) in [6.45, 7) is 2.69. The standard InChI is InChI=1S/C12H15N5O/c1-3-7-13-12(18)10-6-4-5-9(8-10)11-14-15-16-17(11)2/h4-6,8H,3,7H2,1-2H3,(H,13,18). The second-order valence-electron chi connectivity index (χ2n) is 3.96. The minimum atomic E-state index is -0.0752. The molecule has 1 heterocycles. The number of nitrogens with one attached hydrogen (secondary N) is 1. The monoisotopic (exact) mass is 245 g/mol. The normalized spacial score (nSPS) is 10.3. The van der Waals surface area contributed by atoms with Gasteiger partial charge in [-0.1, -0.05) is 19.1 Å². The largest absolute Gasteiger partial charge is 0.352 e. The predicted molar refractivity (Wildman–Crippen MR) is 66.9 cm³/mol. The van der Waals surface area contributed by atoms with Crippen LogP contribution in [0, 0.1) is 0 Å². The summed E-state index contributed by atoms with van der Waals surface area (Å²) >= 11 is 0. The minimum Gasteiger partial charge on any atom is -0.352 e. The van der Waals surface area contributed by atoms with Gasteiger partial charge in [-0.15, -0.1) is 5.10 Å². The molecule has 0 saturated carbocycles. The van der Waals surface area contributed by atoms with E-state index < -0.39 is 0 Å². The van der Waals surface area contributed by atoms with Gasteiger partial charge in [0.1, 0.15) is 0 Å². The van der Waals surface area contributed by atoms with E-state index in [0.29, 0.717) is 17.9 Å². The lowest BCUT2D eigenvalue weighted by Gasteiger charge is -2.05. The molecule has 1 amide bonds. The van der Waals surface area contributed by atoms with Crippen LogP contribution < -0.4 is 5.32 Å². The molecule has 0 bridgehead atoms. The molecule has 0 fully saturated rings. The van der Waals surface area contributed by atoms with Gasteiger partial charge in [0, 0.05) is 24.7 Å². The van der Waals surface area contributed by atoms with Crippen LogP contribution in [-0.2, 0) is 7.05 Å². The number of hydrogen-bond acceptors (Lipinski definition) is 4. The van der Waals surface area contributed by atoms with Crippen molar-refractivity contribution >= 4 is 5.91 Å². The molecule has 1 N–H and O–H groups in total. The molecule has 6 heteroatoms. The van der Waals surface area contributed by atoms with Crippen molar-refractivity contribution in [2.75, 3.05) is 6.54 Å². The molecule has 0 atom stereocenters. The summed E-state index contributed by atoms with van der Waals surface area (Å²) in [5.41, 5.74) is 1.44. The maximum atomic E-state index is 11.8. The van der Waals surface area contributed by atoms with E-state index in [1.807, 2.05) is 19.1 Å². The lowest BCUT2D eigenvalue weighted by Crippen LogP contribution is -2.23. The highest BCUT2D eigenvalue weighted by atomic mass is 16.1. The Morgan fingerprint density at radius 2 is 2.28 bits per heavy atom. The summed E-state index contributed by atoms with van der Waals surface area (Å²) in [5, 5.41) is 14.1. The summed E-state index contributed by atoms with van der Waals surface area (Å²) in [6, 6.07) is 7.27. The quantitative estimate of drug-likeness (QED) is 0.872. The second-order valence-corrected chi connectivity index (χ2v) is 3.96. The summed E-state index contributed by atoms with van der Waals surface area (Å²) in [7, 11) is 1.76. The van der Waals surface area contributed by atoms with Gasteiger partial charge < -0.3 is 5.32 Å². The second kappa shape index (κ2) is 5.39. The molecule has 0 saturated heterocycles. The summed E-state index contributed by atoms with van der Waals surface area (Å²) in [6.07, 6.45) is 0.915. The number of benzene rings is 1. The van der Waals surface area contributed by atoms with Gasteiger partial charge in [-0.25, -0.2) is 4.68 Å². The fourth-order valence-corrected chi connectivity index (χ4v) is 1.61. The third-order valence-corrected chi connectivity index (χ3v) is 2.54. The molecule has 1 aromatic carbocycles. The van der Waals surface area contributed by atoms with Crippen molar-refractivity contribution in [2.24, 2.45) is 7.05 Å². The van der Waals surface area contributed by atoms with Crippen molar-refractivity contribution in [3.63, 3.8) is 0 Å². The first-order chi connectivity index (χ1) is 8.72. The number of hydrogen-bond donors (Lipinski definition) is 1. The number of tetrazole rings is 1. The van der Waals surface area contributed by atoms with Crippen molar-refractivity contribution in [1.29, 1.82) is 0 Å². The van der Waals surface area contributed by atoms with Crippen LogP contribution >= 0.6 is 0 Å². The van der Waals surface area contributed by atoms with E-state index in [0.717, 1.165) is 12.0 Å². The molecule has 0 aliphatic rings. The Labute approximate surface area is 105 Å². The van der Waals surface area contributed by atoms with Crippen molar-refractivity contribution in [3.05, 3.63) is 29.8 Å².